The topological polar surface area (TPSA) is 121 Å². The predicted molar refractivity (Wildman–Crippen MR) is 127 cm³/mol. The van der Waals surface area contributed by atoms with E-state index < -0.39 is 0 Å². The molecule has 5 rings (SSSR count). The van der Waals surface area contributed by atoms with Crippen LogP contribution in [0.5, 0.6) is 0 Å². The van der Waals surface area contributed by atoms with E-state index in [2.05, 4.69) is 30.9 Å². The summed E-state index contributed by atoms with van der Waals surface area (Å²) < 4.78 is 1.69. The number of aromatic amines is 1. The second kappa shape index (κ2) is 8.66. The van der Waals surface area contributed by atoms with Gasteiger partial charge in [0.05, 0.1) is 23.6 Å². The first kappa shape index (κ1) is 21.1. The van der Waals surface area contributed by atoms with Crippen LogP contribution < -0.4 is 10.6 Å². The van der Waals surface area contributed by atoms with Crippen LogP contribution in [0.3, 0.4) is 0 Å². The number of anilines is 3. The van der Waals surface area contributed by atoms with Crippen LogP contribution in [-0.2, 0) is 11.3 Å². The smallest absolute Gasteiger partial charge is 0.267 e. The van der Waals surface area contributed by atoms with Gasteiger partial charge in [-0.2, -0.15) is 10.2 Å². The molecule has 4 heterocycles. The summed E-state index contributed by atoms with van der Waals surface area (Å²) in [5.41, 5.74) is 3.41. The lowest BCUT2D eigenvalue weighted by Gasteiger charge is -2.15. The SMILES string of the molecule is Cc1ccc2[nH]ncc2c1NC(=O)c1cnc(Nc2cc(C)n(CC(=O)N3CCCC3)n2)s1. The lowest BCUT2D eigenvalue weighted by atomic mass is 10.1. The number of thiazole rings is 1. The molecule has 1 fully saturated rings. The number of hydrogen-bond acceptors (Lipinski definition) is 7. The van der Waals surface area contributed by atoms with Crippen molar-refractivity contribution in [3.8, 4) is 0 Å². The molecule has 0 unspecified atom stereocenters. The van der Waals surface area contributed by atoms with E-state index in [-0.39, 0.29) is 18.4 Å². The van der Waals surface area contributed by atoms with E-state index in [9.17, 15) is 9.59 Å². The van der Waals surface area contributed by atoms with Crippen LogP contribution in [0.1, 0.15) is 33.8 Å². The van der Waals surface area contributed by atoms with Crippen molar-refractivity contribution in [2.45, 2.75) is 33.2 Å². The van der Waals surface area contributed by atoms with Gasteiger partial charge in [-0.05, 0) is 38.3 Å². The van der Waals surface area contributed by atoms with Gasteiger partial charge in [-0.15, -0.1) is 0 Å². The van der Waals surface area contributed by atoms with Gasteiger partial charge >= 0.3 is 0 Å². The normalized spacial score (nSPS) is 13.6. The fourth-order valence-electron chi connectivity index (χ4n) is 3.94. The highest BCUT2D eigenvalue weighted by Crippen LogP contribution is 2.28. The third-order valence-electron chi connectivity index (χ3n) is 5.76. The van der Waals surface area contributed by atoms with E-state index in [0.717, 1.165) is 53.8 Å². The van der Waals surface area contributed by atoms with Gasteiger partial charge in [-0.1, -0.05) is 17.4 Å². The number of amides is 2. The monoisotopic (exact) mass is 464 g/mol. The molecule has 10 nitrogen and oxygen atoms in total. The van der Waals surface area contributed by atoms with Crippen molar-refractivity contribution in [1.82, 2.24) is 29.9 Å². The number of aryl methyl sites for hydroxylation is 2. The highest BCUT2D eigenvalue weighted by Gasteiger charge is 2.20. The Morgan fingerprint density at radius 1 is 1.18 bits per heavy atom. The number of carbonyl (C=O) groups is 2. The summed E-state index contributed by atoms with van der Waals surface area (Å²) in [4.78, 5) is 31.9. The number of likely N-dealkylation sites (tertiary alicyclic amines) is 1. The molecular weight excluding hydrogens is 440 g/mol. The summed E-state index contributed by atoms with van der Waals surface area (Å²) in [7, 11) is 0. The number of nitrogens with zero attached hydrogens (tertiary/aromatic N) is 5. The lowest BCUT2D eigenvalue weighted by molar-refractivity contribution is -0.130. The average Bonchev–Trinajstić information content (AvgIpc) is 3.58. The van der Waals surface area contributed by atoms with Gasteiger partial charge in [0, 0.05) is 30.2 Å². The second-order valence-corrected chi connectivity index (χ2v) is 9.14. The molecule has 0 aliphatic carbocycles. The molecule has 3 aromatic heterocycles. The standard InChI is InChI=1S/C22H24N8O2S/c1-13-5-6-16-15(10-24-27-16)20(13)26-21(32)17-11-23-22(33-17)25-18-9-14(2)30(28-18)12-19(31)29-7-3-4-8-29/h5-6,9-11H,3-4,7-8,12H2,1-2H3,(H,24,27)(H,26,32)(H,23,25,28). The van der Waals surface area contributed by atoms with Crippen LogP contribution >= 0.6 is 11.3 Å². The number of rotatable bonds is 6. The molecular formula is C22H24N8O2S. The fourth-order valence-corrected chi connectivity index (χ4v) is 4.66. The number of hydrogen-bond donors (Lipinski definition) is 3. The maximum atomic E-state index is 12.8. The first-order valence-corrected chi connectivity index (χ1v) is 11.6. The number of aromatic nitrogens is 5. The van der Waals surface area contributed by atoms with Gasteiger partial charge in [0.25, 0.3) is 5.91 Å². The fraction of sp³-hybridized carbons (Fsp3) is 0.318. The zero-order valence-electron chi connectivity index (χ0n) is 18.4. The van der Waals surface area contributed by atoms with Gasteiger partial charge in [-0.25, -0.2) is 4.98 Å². The van der Waals surface area contributed by atoms with Crippen LogP contribution in [0.15, 0.2) is 30.6 Å². The minimum atomic E-state index is -0.240. The molecule has 170 valence electrons. The van der Waals surface area contributed by atoms with Crippen molar-refractivity contribution in [2.24, 2.45) is 0 Å². The Morgan fingerprint density at radius 2 is 2.00 bits per heavy atom. The summed E-state index contributed by atoms with van der Waals surface area (Å²) >= 11 is 1.24. The zero-order valence-corrected chi connectivity index (χ0v) is 19.2. The van der Waals surface area contributed by atoms with E-state index in [0.29, 0.717) is 15.8 Å². The first-order chi connectivity index (χ1) is 16.0. The highest BCUT2D eigenvalue weighted by atomic mass is 32.1. The summed E-state index contributed by atoms with van der Waals surface area (Å²) in [6, 6.07) is 5.73. The van der Waals surface area contributed by atoms with E-state index in [1.54, 1.807) is 10.9 Å². The largest absolute Gasteiger partial charge is 0.341 e. The predicted octanol–water partition coefficient (Wildman–Crippen LogP) is 3.45. The van der Waals surface area contributed by atoms with Crippen LogP contribution in [0.2, 0.25) is 0 Å². The molecule has 2 amide bonds. The van der Waals surface area contributed by atoms with Crippen LogP contribution in [-0.4, -0.2) is 54.8 Å². The van der Waals surface area contributed by atoms with Gasteiger partial charge in [0.15, 0.2) is 10.9 Å². The van der Waals surface area contributed by atoms with Crippen LogP contribution in [0.4, 0.5) is 16.6 Å². The number of fused-ring (bicyclic) bond motifs is 1. The van der Waals surface area contributed by atoms with Gasteiger partial charge < -0.3 is 15.5 Å². The quantitative estimate of drug-likeness (QED) is 0.402. The molecule has 1 aliphatic rings. The van der Waals surface area contributed by atoms with E-state index in [1.165, 1.54) is 17.5 Å². The number of benzene rings is 1. The van der Waals surface area contributed by atoms with Crippen molar-refractivity contribution in [1.29, 1.82) is 0 Å². The van der Waals surface area contributed by atoms with Crippen molar-refractivity contribution >= 4 is 50.7 Å². The van der Waals surface area contributed by atoms with Gasteiger partial charge in [-0.3, -0.25) is 19.4 Å². The summed E-state index contributed by atoms with van der Waals surface area (Å²) in [5, 5.41) is 19.0. The first-order valence-electron chi connectivity index (χ1n) is 10.8. The van der Waals surface area contributed by atoms with Gasteiger partial charge in [0.2, 0.25) is 5.91 Å². The Hall–Kier alpha value is -3.73. The number of carbonyl (C=O) groups excluding carboxylic acids is 2. The molecule has 1 aromatic carbocycles. The molecule has 0 atom stereocenters. The second-order valence-electron chi connectivity index (χ2n) is 8.11. The zero-order chi connectivity index (χ0) is 22.9. The minimum absolute atomic E-state index is 0.0846. The molecule has 4 aromatic rings. The molecule has 11 heteroatoms. The Morgan fingerprint density at radius 3 is 2.82 bits per heavy atom. The van der Waals surface area contributed by atoms with Crippen molar-refractivity contribution < 1.29 is 9.59 Å². The van der Waals surface area contributed by atoms with E-state index in [1.807, 2.05) is 36.9 Å². The molecule has 3 N–H and O–H groups in total. The summed E-state index contributed by atoms with van der Waals surface area (Å²) in [6.45, 7) is 5.72. The van der Waals surface area contributed by atoms with E-state index in [4.69, 9.17) is 0 Å². The molecule has 1 aliphatic heterocycles. The Bertz CT molecular complexity index is 1330. The molecule has 0 spiro atoms. The molecule has 1 saturated heterocycles. The summed E-state index contributed by atoms with van der Waals surface area (Å²) in [5.74, 6) is 0.429. The maximum Gasteiger partial charge on any atom is 0.267 e. The number of H-pyrrole nitrogens is 1. The summed E-state index contributed by atoms with van der Waals surface area (Å²) in [6.07, 6.45) is 5.36. The highest BCUT2D eigenvalue weighted by molar-refractivity contribution is 7.17. The van der Waals surface area contributed by atoms with Crippen molar-refractivity contribution in [2.75, 3.05) is 23.7 Å². The van der Waals surface area contributed by atoms with Crippen molar-refractivity contribution in [3.05, 3.63) is 46.7 Å². The van der Waals surface area contributed by atoms with Gasteiger partial charge in [0.1, 0.15) is 11.4 Å². The molecule has 0 bridgehead atoms. The van der Waals surface area contributed by atoms with Crippen LogP contribution in [0, 0.1) is 13.8 Å². The molecule has 0 radical (unpaired) electrons. The van der Waals surface area contributed by atoms with Crippen molar-refractivity contribution in [3.63, 3.8) is 0 Å². The number of nitrogens with one attached hydrogen (secondary N) is 3. The van der Waals surface area contributed by atoms with Crippen LogP contribution in [0.25, 0.3) is 10.9 Å². The third kappa shape index (κ3) is 4.31. The molecule has 33 heavy (non-hydrogen) atoms. The lowest BCUT2D eigenvalue weighted by Crippen LogP contribution is -2.31. The molecule has 0 saturated carbocycles. The Labute approximate surface area is 194 Å². The third-order valence-corrected chi connectivity index (χ3v) is 6.67. The van der Waals surface area contributed by atoms with E-state index >= 15 is 0 Å². The average molecular weight is 465 g/mol. The Kier molecular flexibility index (Phi) is 5.55. The minimum Gasteiger partial charge on any atom is -0.341 e. The Balaban J connectivity index is 1.26. The maximum absolute atomic E-state index is 12.8.